The molecule has 1 heterocycles. The maximum absolute atomic E-state index is 10.0. The van der Waals surface area contributed by atoms with Gasteiger partial charge in [0.1, 0.15) is 0 Å². The molecule has 0 radical (unpaired) electrons. The number of aliphatic imine (C=N–C) groups is 1. The third-order valence-electron chi connectivity index (χ3n) is 2.50. The molecule has 3 heteroatoms. The number of aromatic nitrogens is 1. The molecule has 0 saturated heterocycles. The van der Waals surface area contributed by atoms with Gasteiger partial charge >= 0.3 is 0 Å². The molecule has 0 aliphatic heterocycles. The van der Waals surface area contributed by atoms with E-state index in [1.165, 1.54) is 30.9 Å². The zero-order valence-electron chi connectivity index (χ0n) is 7.23. The van der Waals surface area contributed by atoms with Crippen molar-refractivity contribution >= 4 is 11.8 Å². The van der Waals surface area contributed by atoms with E-state index < -0.39 is 0 Å². The maximum Gasteiger partial charge on any atom is 0.240 e. The normalized spacial score (nSPS) is 16.0. The summed E-state index contributed by atoms with van der Waals surface area (Å²) in [5.41, 5.74) is 1.81. The minimum absolute atomic E-state index is 0.611. The van der Waals surface area contributed by atoms with Gasteiger partial charge < -0.3 is 0 Å². The van der Waals surface area contributed by atoms with Crippen molar-refractivity contribution in [2.75, 3.05) is 0 Å². The summed E-state index contributed by atoms with van der Waals surface area (Å²) in [7, 11) is 0. The van der Waals surface area contributed by atoms with Gasteiger partial charge in [0, 0.05) is 6.20 Å². The van der Waals surface area contributed by atoms with E-state index in [0.29, 0.717) is 11.6 Å². The minimum Gasteiger partial charge on any atom is -0.262 e. The first-order valence-electron chi connectivity index (χ1n) is 4.43. The van der Waals surface area contributed by atoms with Crippen molar-refractivity contribution in [2.45, 2.75) is 25.2 Å². The van der Waals surface area contributed by atoms with Crippen LogP contribution in [0.15, 0.2) is 23.5 Å². The first kappa shape index (κ1) is 8.14. The number of isocyanates is 1. The molecule has 1 aliphatic carbocycles. The number of nitrogens with zero attached hydrogens (tertiary/aromatic N) is 2. The highest BCUT2D eigenvalue weighted by Gasteiger charge is 2.19. The Hall–Kier alpha value is -1.47. The Labute approximate surface area is 76.5 Å². The van der Waals surface area contributed by atoms with Gasteiger partial charge in [-0.2, -0.15) is 4.99 Å². The van der Waals surface area contributed by atoms with Gasteiger partial charge in [0.25, 0.3) is 0 Å². The molecule has 66 valence electrons. The lowest BCUT2D eigenvalue weighted by Crippen LogP contribution is -2.08. The van der Waals surface area contributed by atoms with Crippen LogP contribution in [0.25, 0.3) is 0 Å². The zero-order valence-corrected chi connectivity index (χ0v) is 7.23. The summed E-state index contributed by atoms with van der Waals surface area (Å²) in [6, 6.07) is 1.92. The third kappa shape index (κ3) is 1.65. The van der Waals surface area contributed by atoms with Crippen LogP contribution in [0.1, 0.15) is 30.7 Å². The third-order valence-corrected chi connectivity index (χ3v) is 2.50. The molecule has 13 heavy (non-hydrogen) atoms. The summed E-state index contributed by atoms with van der Waals surface area (Å²) in [5.74, 6) is 0.634. The quantitative estimate of drug-likeness (QED) is 0.510. The highest BCUT2D eigenvalue weighted by molar-refractivity contribution is 5.48. The monoisotopic (exact) mass is 174 g/mol. The molecule has 0 unspecified atom stereocenters. The largest absolute Gasteiger partial charge is 0.262 e. The van der Waals surface area contributed by atoms with E-state index in [4.69, 9.17) is 0 Å². The van der Waals surface area contributed by atoms with E-state index >= 15 is 0 Å². The molecule has 1 aromatic heterocycles. The number of carbonyl (C=O) groups excluding carboxylic acids is 1. The average molecular weight is 174 g/mol. The predicted octanol–water partition coefficient (Wildman–Crippen LogP) is 2.32. The summed E-state index contributed by atoms with van der Waals surface area (Å²) in [6.07, 6.45) is 8.71. The van der Waals surface area contributed by atoms with Gasteiger partial charge in [0.05, 0.1) is 11.9 Å². The van der Waals surface area contributed by atoms with E-state index in [1.54, 1.807) is 6.20 Å². The maximum atomic E-state index is 10.0. The summed E-state index contributed by atoms with van der Waals surface area (Å²) >= 11 is 0. The Morgan fingerprint density at radius 3 is 2.92 bits per heavy atom. The van der Waals surface area contributed by atoms with Crippen LogP contribution in [-0.2, 0) is 4.79 Å². The standard InChI is InChI=1S/C10H10N2O/c13-7-12-10-4-9(5-11-6-10)8-2-1-3-8/h4-6,8H,1-3H2. The molecule has 0 aromatic carbocycles. The van der Waals surface area contributed by atoms with Gasteiger partial charge in [0.15, 0.2) is 0 Å². The van der Waals surface area contributed by atoms with Crippen molar-refractivity contribution in [2.24, 2.45) is 4.99 Å². The van der Waals surface area contributed by atoms with Crippen LogP contribution >= 0.6 is 0 Å². The molecule has 1 saturated carbocycles. The van der Waals surface area contributed by atoms with Crippen molar-refractivity contribution in [3.8, 4) is 0 Å². The first-order valence-corrected chi connectivity index (χ1v) is 4.43. The summed E-state index contributed by atoms with van der Waals surface area (Å²) in [4.78, 5) is 17.6. The SMILES string of the molecule is O=C=Nc1cncc(C2CCC2)c1. The molecular weight excluding hydrogens is 164 g/mol. The van der Waals surface area contributed by atoms with E-state index in [1.807, 2.05) is 12.3 Å². The van der Waals surface area contributed by atoms with E-state index in [9.17, 15) is 4.79 Å². The Balaban J connectivity index is 2.25. The molecule has 0 N–H and O–H groups in total. The summed E-state index contributed by atoms with van der Waals surface area (Å²) in [5, 5.41) is 0. The number of hydrogen-bond donors (Lipinski definition) is 0. The lowest BCUT2D eigenvalue weighted by Gasteiger charge is -2.25. The first-order chi connectivity index (χ1) is 6.40. The van der Waals surface area contributed by atoms with Gasteiger partial charge in [-0.05, 0) is 30.4 Å². The van der Waals surface area contributed by atoms with Crippen molar-refractivity contribution in [1.29, 1.82) is 0 Å². The van der Waals surface area contributed by atoms with Crippen LogP contribution in [0, 0.1) is 0 Å². The molecular formula is C10H10N2O. The smallest absolute Gasteiger partial charge is 0.240 e. The second kappa shape index (κ2) is 3.50. The fourth-order valence-corrected chi connectivity index (χ4v) is 1.52. The number of hydrogen-bond acceptors (Lipinski definition) is 3. The molecule has 0 amide bonds. The van der Waals surface area contributed by atoms with Crippen molar-refractivity contribution < 1.29 is 4.79 Å². The molecule has 3 nitrogen and oxygen atoms in total. The Morgan fingerprint density at radius 1 is 1.46 bits per heavy atom. The second-order valence-corrected chi connectivity index (χ2v) is 3.31. The van der Waals surface area contributed by atoms with Gasteiger partial charge in [-0.1, -0.05) is 6.42 Å². The summed E-state index contributed by atoms with van der Waals surface area (Å²) < 4.78 is 0. The van der Waals surface area contributed by atoms with Crippen molar-refractivity contribution in [3.63, 3.8) is 0 Å². The predicted molar refractivity (Wildman–Crippen MR) is 48.6 cm³/mol. The van der Waals surface area contributed by atoms with E-state index in [-0.39, 0.29) is 0 Å². The van der Waals surface area contributed by atoms with Gasteiger partial charge in [-0.15, -0.1) is 0 Å². The van der Waals surface area contributed by atoms with Crippen LogP contribution in [0.2, 0.25) is 0 Å². The number of pyridine rings is 1. The van der Waals surface area contributed by atoms with Crippen molar-refractivity contribution in [3.05, 3.63) is 24.0 Å². The topological polar surface area (TPSA) is 42.3 Å². The second-order valence-electron chi connectivity index (χ2n) is 3.31. The Morgan fingerprint density at radius 2 is 2.31 bits per heavy atom. The lowest BCUT2D eigenvalue weighted by molar-refractivity contribution is 0.419. The minimum atomic E-state index is 0.611. The van der Waals surface area contributed by atoms with E-state index in [2.05, 4.69) is 9.98 Å². The van der Waals surface area contributed by atoms with Gasteiger partial charge in [-0.25, -0.2) is 4.79 Å². The van der Waals surface area contributed by atoms with Crippen LogP contribution in [0.5, 0.6) is 0 Å². The zero-order chi connectivity index (χ0) is 9.10. The fraction of sp³-hybridized carbons (Fsp3) is 0.400. The lowest BCUT2D eigenvalue weighted by atomic mass is 9.81. The van der Waals surface area contributed by atoms with Crippen LogP contribution in [0.4, 0.5) is 5.69 Å². The highest BCUT2D eigenvalue weighted by Crippen LogP contribution is 2.36. The van der Waals surface area contributed by atoms with E-state index in [0.717, 1.165) is 0 Å². The molecule has 2 rings (SSSR count). The summed E-state index contributed by atoms with van der Waals surface area (Å²) in [6.45, 7) is 0. The van der Waals surface area contributed by atoms with Crippen LogP contribution in [0.3, 0.4) is 0 Å². The van der Waals surface area contributed by atoms with Gasteiger partial charge in [0.2, 0.25) is 6.08 Å². The molecule has 0 atom stereocenters. The number of rotatable bonds is 2. The highest BCUT2D eigenvalue weighted by atomic mass is 16.1. The Bertz CT molecular complexity index is 352. The molecule has 0 spiro atoms. The van der Waals surface area contributed by atoms with Gasteiger partial charge in [-0.3, -0.25) is 4.98 Å². The Kier molecular flexibility index (Phi) is 2.19. The van der Waals surface area contributed by atoms with Crippen LogP contribution < -0.4 is 0 Å². The average Bonchev–Trinajstić information content (AvgIpc) is 2.02. The van der Waals surface area contributed by atoms with Crippen LogP contribution in [-0.4, -0.2) is 11.1 Å². The molecule has 0 bridgehead atoms. The fourth-order valence-electron chi connectivity index (χ4n) is 1.52. The molecule has 1 aliphatic rings. The molecule has 1 fully saturated rings. The molecule has 1 aromatic rings. The van der Waals surface area contributed by atoms with Crippen molar-refractivity contribution in [1.82, 2.24) is 4.98 Å².